The van der Waals surface area contributed by atoms with Crippen LogP contribution in [-0.2, 0) is 13.2 Å². The number of guanidine groups is 1. The number of nitrogens with two attached hydrogens (primary N) is 1. The molecule has 2 aromatic rings. The monoisotopic (exact) mass is 342 g/mol. The maximum Gasteiger partial charge on any atom is 0.218 e. The first-order valence-corrected chi connectivity index (χ1v) is 9.21. The molecular weight excluding hydrogens is 320 g/mol. The first-order valence-electron chi connectivity index (χ1n) is 8.06. The maximum absolute atomic E-state index is 6.12. The third-order valence-electron chi connectivity index (χ3n) is 3.81. The minimum Gasteiger partial charge on any atom is -0.473 e. The summed E-state index contributed by atoms with van der Waals surface area (Å²) >= 11 is 1.96. The Bertz CT molecular complexity index is 672. The summed E-state index contributed by atoms with van der Waals surface area (Å²) in [5, 5.41) is 0. The number of rotatable bonds is 5. The van der Waals surface area contributed by atoms with E-state index in [1.165, 1.54) is 0 Å². The molecule has 1 aromatic heterocycles. The summed E-state index contributed by atoms with van der Waals surface area (Å²) in [6.45, 7) is 2.90. The second-order valence-corrected chi connectivity index (χ2v) is 6.74. The molecule has 0 spiro atoms. The number of hydrogen-bond donors (Lipinski definition) is 1. The molecule has 0 radical (unpaired) electrons. The van der Waals surface area contributed by atoms with Crippen LogP contribution in [0.2, 0.25) is 0 Å². The molecule has 0 amide bonds. The smallest absolute Gasteiger partial charge is 0.218 e. The number of hydrogen-bond acceptors (Lipinski definition) is 4. The standard InChI is InChI=1S/C18H22N4OS/c19-18(22-9-11-24-12-10-22)21-13-16-7-4-8-20-17(16)23-14-15-5-2-1-3-6-15/h1-8H,9-14H2,(H2,19,21). The van der Waals surface area contributed by atoms with Gasteiger partial charge in [0.05, 0.1) is 6.54 Å². The normalized spacial score (nSPS) is 15.3. The summed E-state index contributed by atoms with van der Waals surface area (Å²) in [6, 6.07) is 13.9. The summed E-state index contributed by atoms with van der Waals surface area (Å²) in [5.41, 5.74) is 8.18. The van der Waals surface area contributed by atoms with Gasteiger partial charge in [-0.15, -0.1) is 0 Å². The van der Waals surface area contributed by atoms with Gasteiger partial charge in [0.15, 0.2) is 5.96 Å². The van der Waals surface area contributed by atoms with E-state index in [2.05, 4.69) is 14.9 Å². The summed E-state index contributed by atoms with van der Waals surface area (Å²) in [7, 11) is 0. The Labute approximate surface area is 146 Å². The Hall–Kier alpha value is -2.21. The quantitative estimate of drug-likeness (QED) is 0.668. The van der Waals surface area contributed by atoms with Gasteiger partial charge in [-0.05, 0) is 11.6 Å². The van der Waals surface area contributed by atoms with Gasteiger partial charge in [0, 0.05) is 36.4 Å². The molecular formula is C18H22N4OS. The highest BCUT2D eigenvalue weighted by molar-refractivity contribution is 7.99. The molecule has 0 bridgehead atoms. The van der Waals surface area contributed by atoms with Gasteiger partial charge in [0.25, 0.3) is 0 Å². The van der Waals surface area contributed by atoms with E-state index >= 15 is 0 Å². The van der Waals surface area contributed by atoms with Gasteiger partial charge in [-0.1, -0.05) is 36.4 Å². The molecule has 3 rings (SSSR count). The average molecular weight is 342 g/mol. The number of benzene rings is 1. The van der Waals surface area contributed by atoms with Crippen LogP contribution in [0.3, 0.4) is 0 Å². The van der Waals surface area contributed by atoms with Crippen LogP contribution in [0, 0.1) is 0 Å². The predicted molar refractivity (Wildman–Crippen MR) is 99.2 cm³/mol. The molecule has 0 saturated carbocycles. The van der Waals surface area contributed by atoms with Gasteiger partial charge in [0.2, 0.25) is 5.88 Å². The minimum absolute atomic E-state index is 0.480. The van der Waals surface area contributed by atoms with Gasteiger partial charge in [-0.3, -0.25) is 0 Å². The molecule has 0 unspecified atom stereocenters. The Morgan fingerprint density at radius 2 is 1.96 bits per heavy atom. The van der Waals surface area contributed by atoms with Gasteiger partial charge < -0.3 is 15.4 Å². The summed E-state index contributed by atoms with van der Waals surface area (Å²) in [4.78, 5) is 11.0. The number of pyridine rings is 1. The first-order chi connectivity index (χ1) is 11.8. The topological polar surface area (TPSA) is 63.7 Å². The van der Waals surface area contributed by atoms with Crippen molar-refractivity contribution < 1.29 is 4.74 Å². The summed E-state index contributed by atoms with van der Waals surface area (Å²) in [6.07, 6.45) is 1.73. The van der Waals surface area contributed by atoms with Crippen molar-refractivity contribution >= 4 is 17.7 Å². The fourth-order valence-corrected chi connectivity index (χ4v) is 3.36. The minimum atomic E-state index is 0.480. The van der Waals surface area contributed by atoms with Crippen LogP contribution in [0.15, 0.2) is 53.7 Å². The average Bonchev–Trinajstić information content (AvgIpc) is 2.66. The molecule has 1 aromatic carbocycles. The van der Waals surface area contributed by atoms with E-state index < -0.39 is 0 Å². The molecule has 0 aliphatic carbocycles. The van der Waals surface area contributed by atoms with E-state index in [0.29, 0.717) is 25.0 Å². The first kappa shape index (κ1) is 16.6. The third kappa shape index (κ3) is 4.64. The van der Waals surface area contributed by atoms with Crippen molar-refractivity contribution in [2.45, 2.75) is 13.2 Å². The van der Waals surface area contributed by atoms with Crippen molar-refractivity contribution in [2.24, 2.45) is 10.7 Å². The van der Waals surface area contributed by atoms with Crippen molar-refractivity contribution in [3.05, 3.63) is 59.8 Å². The van der Waals surface area contributed by atoms with Crippen LogP contribution in [0.4, 0.5) is 0 Å². The number of nitrogens with zero attached hydrogens (tertiary/aromatic N) is 3. The lowest BCUT2D eigenvalue weighted by atomic mass is 10.2. The lowest BCUT2D eigenvalue weighted by Crippen LogP contribution is -2.42. The highest BCUT2D eigenvalue weighted by atomic mass is 32.2. The number of thioether (sulfide) groups is 1. The second-order valence-electron chi connectivity index (χ2n) is 5.52. The van der Waals surface area contributed by atoms with Gasteiger partial charge >= 0.3 is 0 Å². The fourth-order valence-electron chi connectivity index (χ4n) is 2.46. The second kappa shape index (κ2) is 8.59. The fraction of sp³-hybridized carbons (Fsp3) is 0.333. The molecule has 1 fully saturated rings. The Kier molecular flexibility index (Phi) is 5.96. The van der Waals surface area contributed by atoms with Crippen molar-refractivity contribution in [2.75, 3.05) is 24.6 Å². The zero-order valence-electron chi connectivity index (χ0n) is 13.6. The number of aliphatic imine (C=N–C) groups is 1. The van der Waals surface area contributed by atoms with Crippen LogP contribution in [-0.4, -0.2) is 40.4 Å². The Balaban J connectivity index is 1.63. The van der Waals surface area contributed by atoms with Gasteiger partial charge in [-0.25, -0.2) is 9.98 Å². The molecule has 1 aliphatic heterocycles. The third-order valence-corrected chi connectivity index (χ3v) is 4.76. The van der Waals surface area contributed by atoms with E-state index in [1.807, 2.05) is 54.2 Å². The lowest BCUT2D eigenvalue weighted by Gasteiger charge is -2.27. The Morgan fingerprint density at radius 3 is 2.75 bits per heavy atom. The summed E-state index contributed by atoms with van der Waals surface area (Å²) in [5.74, 6) is 3.43. The Morgan fingerprint density at radius 1 is 1.17 bits per heavy atom. The largest absolute Gasteiger partial charge is 0.473 e. The van der Waals surface area contributed by atoms with Gasteiger partial charge in [0.1, 0.15) is 6.61 Å². The molecule has 2 heterocycles. The van der Waals surface area contributed by atoms with Crippen LogP contribution in [0.25, 0.3) is 0 Å². The van der Waals surface area contributed by atoms with Crippen molar-refractivity contribution in [1.82, 2.24) is 9.88 Å². The molecule has 6 heteroatoms. The molecule has 5 nitrogen and oxygen atoms in total. The molecule has 2 N–H and O–H groups in total. The zero-order chi connectivity index (χ0) is 16.6. The maximum atomic E-state index is 6.12. The van der Waals surface area contributed by atoms with Crippen LogP contribution in [0.5, 0.6) is 5.88 Å². The van der Waals surface area contributed by atoms with Gasteiger partial charge in [-0.2, -0.15) is 11.8 Å². The molecule has 0 atom stereocenters. The van der Waals surface area contributed by atoms with Crippen LogP contribution >= 0.6 is 11.8 Å². The zero-order valence-corrected chi connectivity index (χ0v) is 14.4. The predicted octanol–water partition coefficient (Wildman–Crippen LogP) is 2.52. The van der Waals surface area contributed by atoms with E-state index in [1.54, 1.807) is 6.20 Å². The van der Waals surface area contributed by atoms with Crippen LogP contribution < -0.4 is 10.5 Å². The molecule has 1 saturated heterocycles. The van der Waals surface area contributed by atoms with Crippen molar-refractivity contribution in [3.8, 4) is 5.88 Å². The van der Waals surface area contributed by atoms with Crippen molar-refractivity contribution in [3.63, 3.8) is 0 Å². The lowest BCUT2D eigenvalue weighted by molar-refractivity contribution is 0.290. The highest BCUT2D eigenvalue weighted by Crippen LogP contribution is 2.17. The van der Waals surface area contributed by atoms with Crippen molar-refractivity contribution in [1.29, 1.82) is 0 Å². The number of ether oxygens (including phenoxy) is 1. The number of aromatic nitrogens is 1. The van der Waals surface area contributed by atoms with E-state index in [9.17, 15) is 0 Å². The van der Waals surface area contributed by atoms with E-state index in [4.69, 9.17) is 10.5 Å². The molecule has 24 heavy (non-hydrogen) atoms. The van der Waals surface area contributed by atoms with E-state index in [-0.39, 0.29) is 0 Å². The highest BCUT2D eigenvalue weighted by Gasteiger charge is 2.12. The van der Waals surface area contributed by atoms with E-state index in [0.717, 1.165) is 35.7 Å². The molecule has 1 aliphatic rings. The summed E-state index contributed by atoms with van der Waals surface area (Å²) < 4.78 is 5.86. The SMILES string of the molecule is NC(=NCc1cccnc1OCc1ccccc1)N1CCSCC1. The van der Waals surface area contributed by atoms with Crippen LogP contribution in [0.1, 0.15) is 11.1 Å². The molecule has 126 valence electrons.